The van der Waals surface area contributed by atoms with E-state index in [4.69, 9.17) is 10.8 Å². The van der Waals surface area contributed by atoms with Crippen LogP contribution in [0.5, 0.6) is 0 Å². The van der Waals surface area contributed by atoms with E-state index in [-0.39, 0.29) is 17.8 Å². The molecule has 7 heteroatoms. The maximum atomic E-state index is 14.0. The molecule has 0 spiro atoms. The number of nitrogens with zero attached hydrogens (tertiary/aromatic N) is 1. The summed E-state index contributed by atoms with van der Waals surface area (Å²) < 4.78 is 14.0. The van der Waals surface area contributed by atoms with Crippen LogP contribution in [-0.2, 0) is 4.79 Å². The Morgan fingerprint density at radius 1 is 1.47 bits per heavy atom. The van der Waals surface area contributed by atoms with Crippen molar-refractivity contribution in [1.29, 1.82) is 0 Å². The molecule has 1 aromatic carbocycles. The van der Waals surface area contributed by atoms with Gasteiger partial charge in [-0.1, -0.05) is 0 Å². The van der Waals surface area contributed by atoms with Gasteiger partial charge in [0.1, 0.15) is 11.9 Å². The quantitative estimate of drug-likeness (QED) is 0.704. The maximum Gasteiger partial charge on any atom is 0.327 e. The molecule has 0 saturated carbocycles. The summed E-state index contributed by atoms with van der Waals surface area (Å²) >= 11 is 0. The zero-order valence-corrected chi connectivity index (χ0v) is 10.1. The largest absolute Gasteiger partial charge is 0.480 e. The van der Waals surface area contributed by atoms with Crippen LogP contribution in [0.4, 0.5) is 10.1 Å². The smallest absolute Gasteiger partial charge is 0.327 e. The van der Waals surface area contributed by atoms with Crippen molar-refractivity contribution < 1.29 is 19.1 Å². The molecule has 1 aliphatic heterocycles. The van der Waals surface area contributed by atoms with E-state index in [1.807, 2.05) is 0 Å². The number of amides is 1. The molecule has 1 saturated heterocycles. The van der Waals surface area contributed by atoms with Crippen molar-refractivity contribution in [3.05, 3.63) is 29.6 Å². The third-order valence-electron chi connectivity index (χ3n) is 3.07. The van der Waals surface area contributed by atoms with Gasteiger partial charge in [-0.05, 0) is 18.2 Å². The SMILES string of the molecule is NC(=O)c1ccc(N2CCNCC2C(=O)O)c(F)c1. The molecule has 2 rings (SSSR count). The Balaban J connectivity index is 2.34. The van der Waals surface area contributed by atoms with E-state index in [9.17, 15) is 14.0 Å². The molecule has 1 unspecified atom stereocenters. The van der Waals surface area contributed by atoms with Gasteiger partial charge in [-0.2, -0.15) is 0 Å². The van der Waals surface area contributed by atoms with Crippen LogP contribution in [0.3, 0.4) is 0 Å². The monoisotopic (exact) mass is 267 g/mol. The van der Waals surface area contributed by atoms with Crippen LogP contribution in [0.15, 0.2) is 18.2 Å². The Morgan fingerprint density at radius 3 is 2.79 bits per heavy atom. The van der Waals surface area contributed by atoms with E-state index in [1.165, 1.54) is 17.0 Å². The highest BCUT2D eigenvalue weighted by Gasteiger charge is 2.30. The summed E-state index contributed by atoms with van der Waals surface area (Å²) in [4.78, 5) is 23.6. The fraction of sp³-hybridized carbons (Fsp3) is 0.333. The highest BCUT2D eigenvalue weighted by molar-refractivity contribution is 5.93. The highest BCUT2D eigenvalue weighted by atomic mass is 19.1. The number of aliphatic carboxylic acids is 1. The standard InChI is InChI=1S/C12H14FN3O3/c13-8-5-7(11(14)17)1-2-9(8)16-4-3-15-6-10(16)12(18)19/h1-2,5,10,15H,3-4,6H2,(H2,14,17)(H,18,19). The summed E-state index contributed by atoms with van der Waals surface area (Å²) in [5.74, 6) is -2.39. The molecular formula is C12H14FN3O3. The minimum atomic E-state index is -1.02. The molecule has 0 aromatic heterocycles. The summed E-state index contributed by atoms with van der Waals surface area (Å²) in [6.07, 6.45) is 0. The predicted molar refractivity (Wildman–Crippen MR) is 66.6 cm³/mol. The number of piperazine rings is 1. The molecule has 0 bridgehead atoms. The first kappa shape index (κ1) is 13.3. The number of benzene rings is 1. The third kappa shape index (κ3) is 2.65. The van der Waals surface area contributed by atoms with Gasteiger partial charge in [0.05, 0.1) is 5.69 Å². The lowest BCUT2D eigenvalue weighted by molar-refractivity contribution is -0.138. The number of carboxylic acids is 1. The fourth-order valence-electron chi connectivity index (χ4n) is 2.11. The van der Waals surface area contributed by atoms with Crippen molar-refractivity contribution >= 4 is 17.6 Å². The number of carbonyl (C=O) groups excluding carboxylic acids is 1. The Morgan fingerprint density at radius 2 is 2.21 bits per heavy atom. The molecule has 0 radical (unpaired) electrons. The van der Waals surface area contributed by atoms with E-state index in [0.717, 1.165) is 6.07 Å². The highest BCUT2D eigenvalue weighted by Crippen LogP contribution is 2.23. The molecule has 4 N–H and O–H groups in total. The number of carbonyl (C=O) groups is 2. The van der Waals surface area contributed by atoms with Crippen LogP contribution in [0.2, 0.25) is 0 Å². The molecular weight excluding hydrogens is 253 g/mol. The van der Waals surface area contributed by atoms with Crippen LogP contribution in [-0.4, -0.2) is 42.7 Å². The van der Waals surface area contributed by atoms with Crippen LogP contribution in [0.25, 0.3) is 0 Å². The second-order valence-electron chi connectivity index (χ2n) is 4.28. The first-order valence-corrected chi connectivity index (χ1v) is 5.80. The van der Waals surface area contributed by atoms with Crippen molar-refractivity contribution in [2.24, 2.45) is 5.73 Å². The second-order valence-corrected chi connectivity index (χ2v) is 4.28. The topological polar surface area (TPSA) is 95.7 Å². The van der Waals surface area contributed by atoms with Crippen molar-refractivity contribution in [3.63, 3.8) is 0 Å². The molecule has 1 atom stereocenters. The number of primary amides is 1. The Bertz CT molecular complexity index is 521. The van der Waals surface area contributed by atoms with Crippen LogP contribution < -0.4 is 16.0 Å². The number of nitrogens with one attached hydrogen (secondary N) is 1. The summed E-state index contributed by atoms with van der Waals surface area (Å²) in [5, 5.41) is 12.1. The normalized spacial score (nSPS) is 19.2. The van der Waals surface area contributed by atoms with Gasteiger partial charge in [-0.25, -0.2) is 9.18 Å². The second kappa shape index (κ2) is 5.23. The van der Waals surface area contributed by atoms with E-state index >= 15 is 0 Å². The first-order valence-electron chi connectivity index (χ1n) is 5.80. The minimum absolute atomic E-state index is 0.0586. The molecule has 19 heavy (non-hydrogen) atoms. The molecule has 102 valence electrons. The van der Waals surface area contributed by atoms with Crippen molar-refractivity contribution in [3.8, 4) is 0 Å². The molecule has 1 heterocycles. The average molecular weight is 267 g/mol. The molecule has 1 aliphatic rings. The third-order valence-corrected chi connectivity index (χ3v) is 3.07. The molecule has 0 aliphatic carbocycles. The van der Waals surface area contributed by atoms with Gasteiger partial charge >= 0.3 is 5.97 Å². The van der Waals surface area contributed by atoms with Crippen molar-refractivity contribution in [1.82, 2.24) is 5.32 Å². The Kier molecular flexibility index (Phi) is 3.66. The summed E-state index contributed by atoms with van der Waals surface area (Å²) in [6, 6.07) is 2.97. The molecule has 1 amide bonds. The summed E-state index contributed by atoms with van der Waals surface area (Å²) in [5.41, 5.74) is 5.29. The maximum absolute atomic E-state index is 14.0. The number of rotatable bonds is 3. The number of nitrogens with two attached hydrogens (primary N) is 1. The lowest BCUT2D eigenvalue weighted by Gasteiger charge is -2.35. The average Bonchev–Trinajstić information content (AvgIpc) is 2.38. The van der Waals surface area contributed by atoms with Crippen LogP contribution in [0.1, 0.15) is 10.4 Å². The summed E-state index contributed by atoms with van der Waals surface area (Å²) in [7, 11) is 0. The van der Waals surface area contributed by atoms with Gasteiger partial charge in [0.25, 0.3) is 0 Å². The molecule has 6 nitrogen and oxygen atoms in total. The van der Waals surface area contributed by atoms with E-state index in [1.54, 1.807) is 0 Å². The first-order chi connectivity index (χ1) is 9.00. The number of hydrogen-bond acceptors (Lipinski definition) is 4. The fourth-order valence-corrected chi connectivity index (χ4v) is 2.11. The summed E-state index contributed by atoms with van der Waals surface area (Å²) in [6.45, 7) is 1.19. The van der Waals surface area contributed by atoms with Crippen LogP contribution >= 0.6 is 0 Å². The Hall–Kier alpha value is -2.15. The van der Waals surface area contributed by atoms with Gasteiger partial charge in [0.2, 0.25) is 5.91 Å². The Labute approximate surface area is 109 Å². The van der Waals surface area contributed by atoms with Gasteiger partial charge in [0.15, 0.2) is 0 Å². The lowest BCUT2D eigenvalue weighted by atomic mass is 10.1. The van der Waals surface area contributed by atoms with Crippen molar-refractivity contribution in [2.45, 2.75) is 6.04 Å². The van der Waals surface area contributed by atoms with Crippen LogP contribution in [0, 0.1) is 5.82 Å². The van der Waals surface area contributed by atoms with Gasteiger partial charge in [-0.15, -0.1) is 0 Å². The molecule has 1 aromatic rings. The van der Waals surface area contributed by atoms with Gasteiger partial charge in [0, 0.05) is 25.2 Å². The number of anilines is 1. The lowest BCUT2D eigenvalue weighted by Crippen LogP contribution is -2.55. The number of halogens is 1. The van der Waals surface area contributed by atoms with E-state index < -0.39 is 23.7 Å². The van der Waals surface area contributed by atoms with Gasteiger partial charge in [-0.3, -0.25) is 4.79 Å². The zero-order valence-electron chi connectivity index (χ0n) is 10.1. The van der Waals surface area contributed by atoms with E-state index in [2.05, 4.69) is 5.32 Å². The van der Waals surface area contributed by atoms with Gasteiger partial charge < -0.3 is 21.1 Å². The number of hydrogen-bond donors (Lipinski definition) is 3. The molecule has 1 fully saturated rings. The predicted octanol–water partition coefficient (Wildman–Crippen LogP) is -0.213. The van der Waals surface area contributed by atoms with Crippen molar-refractivity contribution in [2.75, 3.05) is 24.5 Å². The zero-order chi connectivity index (χ0) is 14.0. The number of carboxylic acid groups (broad SMARTS) is 1. The minimum Gasteiger partial charge on any atom is -0.480 e. The van der Waals surface area contributed by atoms with E-state index in [0.29, 0.717) is 13.1 Å².